The third kappa shape index (κ3) is 11.9. The van der Waals surface area contributed by atoms with Crippen molar-refractivity contribution in [3.05, 3.63) is 50.8 Å². The zero-order valence-corrected chi connectivity index (χ0v) is 63.5. The van der Waals surface area contributed by atoms with Crippen molar-refractivity contribution < 1.29 is 172 Å². The molecular formula is C77H100O35. The normalized spacial score (nSPS) is 43.2. The molecule has 35 nitrogen and oxygen atoms in total. The molecule has 14 rings (SSSR count). The number of rotatable bonds is 19. The van der Waals surface area contributed by atoms with Crippen LogP contribution in [0.3, 0.4) is 0 Å². The Hall–Kier alpha value is -6.31. The molecule has 0 unspecified atom stereocenters. The zero-order valence-electron chi connectivity index (χ0n) is 63.5. The van der Waals surface area contributed by atoms with Crippen LogP contribution < -0.4 is 9.47 Å². The molecule has 11 aliphatic rings. The lowest BCUT2D eigenvalue weighted by molar-refractivity contribution is -0.355. The van der Waals surface area contributed by atoms with E-state index in [4.69, 9.17) is 66.3 Å². The van der Waals surface area contributed by atoms with Gasteiger partial charge in [-0.05, 0) is 85.3 Å². The number of fused-ring (bicyclic) bond motifs is 6. The van der Waals surface area contributed by atoms with Crippen LogP contribution in [0.4, 0.5) is 0 Å². The molecule has 0 spiro atoms. The van der Waals surface area contributed by atoms with E-state index in [-0.39, 0.29) is 68.7 Å². The first-order chi connectivity index (χ1) is 52.8. The van der Waals surface area contributed by atoms with Crippen LogP contribution in [0, 0.1) is 11.8 Å². The van der Waals surface area contributed by atoms with Gasteiger partial charge in [-0.15, -0.1) is 0 Å². The summed E-state index contributed by atoms with van der Waals surface area (Å²) in [6.45, 7) is 11.8. The minimum Gasteiger partial charge on any atom is -0.507 e. The molecule has 6 heterocycles. The number of aliphatic hydroxyl groups excluding tert-OH is 8. The maximum Gasteiger partial charge on any atom is 0.232 e. The van der Waals surface area contributed by atoms with Crippen LogP contribution in [0.15, 0.2) is 11.8 Å². The summed E-state index contributed by atoms with van der Waals surface area (Å²) in [5, 5.41) is 194. The van der Waals surface area contributed by atoms with Gasteiger partial charge in [-0.1, -0.05) is 26.7 Å². The Kier molecular flexibility index (Phi) is 21.8. The highest BCUT2D eigenvalue weighted by Gasteiger charge is 2.82. The minimum absolute atomic E-state index is 0.000626. The van der Waals surface area contributed by atoms with Gasteiger partial charge >= 0.3 is 0 Å². The number of phenols is 4. The summed E-state index contributed by atoms with van der Waals surface area (Å²) < 4.78 is 87.0. The highest BCUT2D eigenvalue weighted by Crippen LogP contribution is 2.69. The predicted molar refractivity (Wildman–Crippen MR) is 375 cm³/mol. The van der Waals surface area contributed by atoms with Crippen molar-refractivity contribution in [1.29, 1.82) is 0 Å². The van der Waals surface area contributed by atoms with Crippen molar-refractivity contribution in [3.63, 3.8) is 0 Å². The van der Waals surface area contributed by atoms with Gasteiger partial charge in [0.25, 0.3) is 0 Å². The second kappa shape index (κ2) is 29.7. The average Bonchev–Trinajstić information content (AvgIpc) is 1.55. The lowest BCUT2D eigenvalue weighted by Gasteiger charge is -2.60. The van der Waals surface area contributed by atoms with Crippen LogP contribution in [0.25, 0.3) is 16.3 Å². The van der Waals surface area contributed by atoms with E-state index in [9.17, 15) is 86.5 Å². The van der Waals surface area contributed by atoms with Crippen molar-refractivity contribution in [3.8, 4) is 34.5 Å². The summed E-state index contributed by atoms with van der Waals surface area (Å²) in [4.78, 5) is 76.6. The van der Waals surface area contributed by atoms with E-state index >= 15 is 19.2 Å². The molecule has 0 amide bonds. The SMILES string of the molecule is CCC[C@@]1(O)[C@H](O[C@H]2CC[C@H](O)[C@@H](C)O2)[C@H](O)[C@@H](O[C@H]2C[C@@H](O)[C@@H](O)[C@H](C)O2)[C@@H]2Cc3cc4c(OC)c(OC)c(C5=C(OC)C(=O)c6c(O)c7c(c(O)c6C5=O)C(=O)[C@]5(O)[C@H]6[C@H](O[C@H]8C[C@@H](O)[C@@H](O)[C@H](C)O8)[C@H](O)[C@H](O[C@H]8CC[C@H](O[C@H]9C[C@H](O)[C@@](O)(C(C)=O)[C@@H](C)O9)[C@@H](C)O8)[C@]5(CCC)O[C@@H]76)c(O)c4c(O)c3C(=O)[C@@]21O. The lowest BCUT2D eigenvalue weighted by atomic mass is 9.53. The molecule has 31 atom stereocenters. The standard InChI is InChI=1S/C77H100O35/c1-12-18-73(95)71(110-39-16-14-34(79)25(3)102-39)61(91)64(108-41-22-35(80)53(83)27(5)104-41)33-21-31-20-32-45(55(85)44(31)69(93)76(33,73)97)56(86)49(67(101-11)63(32)99-9)48-57(87)46-47(60(90)66(48)100-10)58(88)50-51(59(46)89)70(94)77(98)52-65(50)112-74(77,19-13-2)72(62(92)68(52)109-42-23-36(81)54(84)28(6)105-42)111-40-17-15-37(26(4)103-40)107-43-24-38(82)75(96,29(7)78)30(8)106-43/h20,25-28,30,33-43,52-54,61-62,64-65,68,71-72,79-86,88-89,91-92,95-98H,12-19,21-24H2,1-11H3/t25-,26-,27+,28+,30-,33+,34+,35-,36-,37+,38+,39+,40+,41+,42+,43+,52-,53+,54+,61-,62+,64+,65+,68+,71-,72+,73-,74+,75-,76+,77-/m1/s1. The molecule has 5 aliphatic carbocycles. The van der Waals surface area contributed by atoms with Crippen LogP contribution in [0.2, 0.25) is 0 Å². The van der Waals surface area contributed by atoms with E-state index in [2.05, 4.69) is 0 Å². The third-order valence-corrected chi connectivity index (χ3v) is 25.6. The molecule has 8 fully saturated rings. The third-order valence-electron chi connectivity index (χ3n) is 25.6. The summed E-state index contributed by atoms with van der Waals surface area (Å²) in [5.41, 5.74) is -20.3. The van der Waals surface area contributed by atoms with Crippen molar-refractivity contribution in [2.75, 3.05) is 21.3 Å². The summed E-state index contributed by atoms with van der Waals surface area (Å²) in [5.74, 6) is -17.0. The number of methoxy groups -OCH3 is 3. The van der Waals surface area contributed by atoms with Gasteiger partial charge < -0.3 is 148 Å². The molecule has 4 bridgehead atoms. The number of ketones is 5. The van der Waals surface area contributed by atoms with Gasteiger partial charge in [-0.25, -0.2) is 0 Å². The van der Waals surface area contributed by atoms with Crippen molar-refractivity contribution in [2.24, 2.45) is 11.8 Å². The molecule has 3 aromatic carbocycles. The first-order valence-electron chi connectivity index (χ1n) is 38.1. The number of aromatic hydroxyl groups is 4. The van der Waals surface area contributed by atoms with E-state index in [1.165, 1.54) is 26.8 Å². The molecule has 2 saturated carbocycles. The van der Waals surface area contributed by atoms with E-state index < -0.39 is 320 Å². The summed E-state index contributed by atoms with van der Waals surface area (Å²) in [6.07, 6.45) is -36.5. The van der Waals surface area contributed by atoms with E-state index in [0.717, 1.165) is 28.3 Å². The first-order valence-corrected chi connectivity index (χ1v) is 38.1. The Morgan fingerprint density at radius 1 is 0.527 bits per heavy atom. The molecule has 6 aliphatic heterocycles. The number of carbonyl (C=O) groups excluding carboxylic acids is 5. The van der Waals surface area contributed by atoms with Crippen LogP contribution in [0.5, 0.6) is 34.5 Å². The number of aliphatic hydroxyl groups is 12. The molecule has 3 aromatic rings. The van der Waals surface area contributed by atoms with Gasteiger partial charge in [-0.3, -0.25) is 24.0 Å². The van der Waals surface area contributed by atoms with Gasteiger partial charge in [0.05, 0.1) is 145 Å². The highest BCUT2D eigenvalue weighted by molar-refractivity contribution is 6.43. The number of hydrogen-bond acceptors (Lipinski definition) is 35. The molecule has 0 radical (unpaired) electrons. The Labute approximate surface area is 641 Å². The fraction of sp³-hybridized carbons (Fsp3) is 0.701. The molecule has 112 heavy (non-hydrogen) atoms. The summed E-state index contributed by atoms with van der Waals surface area (Å²) >= 11 is 0. The maximum absolute atomic E-state index is 16.3. The topological polar surface area (TPSA) is 538 Å². The van der Waals surface area contributed by atoms with Crippen molar-refractivity contribution in [2.45, 2.75) is 308 Å². The first kappa shape index (κ1) is 82.2. The molecule has 16 N–H and O–H groups in total. The van der Waals surface area contributed by atoms with Gasteiger partial charge in [0.15, 0.2) is 71.3 Å². The Morgan fingerprint density at radius 3 is 1.63 bits per heavy atom. The van der Waals surface area contributed by atoms with E-state index in [1.807, 2.05) is 0 Å². The fourth-order valence-corrected chi connectivity index (χ4v) is 19.9. The molecule has 35 heteroatoms. The van der Waals surface area contributed by atoms with Crippen LogP contribution in [0.1, 0.15) is 190 Å². The minimum atomic E-state index is -3.16. The lowest BCUT2D eigenvalue weighted by Crippen LogP contribution is -2.80. The summed E-state index contributed by atoms with van der Waals surface area (Å²) in [6, 6.07) is 1.24. The smallest absolute Gasteiger partial charge is 0.232 e. The monoisotopic (exact) mass is 1580 g/mol. The quantitative estimate of drug-likeness (QED) is 0.0727. The number of benzene rings is 3. The Balaban J connectivity index is 0.864. The summed E-state index contributed by atoms with van der Waals surface area (Å²) in [7, 11) is 3.08. The second-order valence-corrected chi connectivity index (χ2v) is 31.9. The van der Waals surface area contributed by atoms with Crippen LogP contribution in [-0.2, 0) is 68.1 Å². The van der Waals surface area contributed by atoms with Gasteiger partial charge in [0, 0.05) is 49.0 Å². The van der Waals surface area contributed by atoms with E-state index in [0.29, 0.717) is 0 Å². The zero-order chi connectivity index (χ0) is 81.3. The van der Waals surface area contributed by atoms with Gasteiger partial charge in [-0.2, -0.15) is 0 Å². The predicted octanol–water partition coefficient (Wildman–Crippen LogP) is 0.502. The molecule has 6 saturated heterocycles. The Morgan fingerprint density at radius 2 is 1.07 bits per heavy atom. The fourth-order valence-electron chi connectivity index (χ4n) is 19.9. The number of phenolic OH excluding ortho intramolecular Hbond substituents is 4. The number of carbonyl (C=O) groups is 5. The molecular weight excluding hydrogens is 1480 g/mol. The number of ether oxygens (including phenoxy) is 14. The highest BCUT2D eigenvalue weighted by atomic mass is 16.7. The van der Waals surface area contributed by atoms with E-state index in [1.54, 1.807) is 27.7 Å². The second-order valence-electron chi connectivity index (χ2n) is 31.9. The maximum atomic E-state index is 16.3. The van der Waals surface area contributed by atoms with Crippen LogP contribution in [-0.4, -0.2) is 301 Å². The number of Topliss-reactive ketones (excluding diaryl/α,β-unsaturated/α-hetero) is 5. The largest absolute Gasteiger partial charge is 0.507 e. The Bertz CT molecular complexity index is 4240. The van der Waals surface area contributed by atoms with Crippen molar-refractivity contribution >= 4 is 45.3 Å². The van der Waals surface area contributed by atoms with Crippen LogP contribution >= 0.6 is 0 Å². The van der Waals surface area contributed by atoms with Gasteiger partial charge in [0.1, 0.15) is 70.8 Å². The molecule has 618 valence electrons. The van der Waals surface area contributed by atoms with Crippen molar-refractivity contribution in [1.82, 2.24) is 0 Å². The average molecular weight is 1590 g/mol. The number of allylic oxidation sites excluding steroid dienone is 2. The molecule has 0 aromatic heterocycles. The van der Waals surface area contributed by atoms with Gasteiger partial charge in [0.2, 0.25) is 23.1 Å². The number of hydrogen-bond donors (Lipinski definition) is 16.